The van der Waals surface area contributed by atoms with Crippen LogP contribution in [0, 0.1) is 41.0 Å². The van der Waals surface area contributed by atoms with Crippen molar-refractivity contribution in [1.29, 1.82) is 0 Å². The molecule has 1 aliphatic carbocycles. The van der Waals surface area contributed by atoms with Gasteiger partial charge >= 0.3 is 12.3 Å². The third-order valence-electron chi connectivity index (χ3n) is 7.41. The van der Waals surface area contributed by atoms with E-state index in [9.17, 15) is 26.3 Å². The van der Waals surface area contributed by atoms with Gasteiger partial charge in [0.2, 0.25) is 0 Å². The van der Waals surface area contributed by atoms with Gasteiger partial charge < -0.3 is 4.74 Å². The molecule has 0 aliphatic heterocycles. The van der Waals surface area contributed by atoms with E-state index in [4.69, 9.17) is 0 Å². The summed E-state index contributed by atoms with van der Waals surface area (Å²) in [7, 11) is 0. The molecule has 1 aliphatic rings. The van der Waals surface area contributed by atoms with Gasteiger partial charge in [0, 0.05) is 16.7 Å². The van der Waals surface area contributed by atoms with Crippen molar-refractivity contribution in [3.05, 3.63) is 88.5 Å². The van der Waals surface area contributed by atoms with Gasteiger partial charge in [-0.1, -0.05) is 43.9 Å². The Kier molecular flexibility index (Phi) is 7.35. The molecule has 1 saturated carbocycles. The van der Waals surface area contributed by atoms with Crippen LogP contribution in [0.5, 0.6) is 5.75 Å². The molecule has 0 heterocycles. The summed E-state index contributed by atoms with van der Waals surface area (Å²) < 4.78 is 131. The average Bonchev–Trinajstić information content (AvgIpc) is 2.87. The Labute approximate surface area is 228 Å². The zero-order valence-electron chi connectivity index (χ0n) is 21.4. The summed E-state index contributed by atoms with van der Waals surface area (Å²) in [6, 6.07) is 8.42. The van der Waals surface area contributed by atoms with E-state index in [1.165, 1.54) is 12.0 Å². The van der Waals surface area contributed by atoms with E-state index in [2.05, 4.69) is 11.7 Å². The number of halogens is 9. The minimum absolute atomic E-state index is 0.122. The van der Waals surface area contributed by atoms with Crippen LogP contribution in [0.2, 0.25) is 0 Å². The van der Waals surface area contributed by atoms with Gasteiger partial charge in [-0.15, -0.1) is 0 Å². The summed E-state index contributed by atoms with van der Waals surface area (Å²) in [6.07, 6.45) is -5.65. The molecule has 0 N–H and O–H groups in total. The third kappa shape index (κ3) is 5.81. The number of hydrogen-bond acceptors (Lipinski definition) is 1. The predicted molar refractivity (Wildman–Crippen MR) is 136 cm³/mol. The first-order chi connectivity index (χ1) is 19.2. The van der Waals surface area contributed by atoms with Crippen molar-refractivity contribution in [1.82, 2.24) is 0 Å². The summed E-state index contributed by atoms with van der Waals surface area (Å²) in [4.78, 5) is 0. The lowest BCUT2D eigenvalue weighted by atomic mass is 9.79. The first-order valence-corrected chi connectivity index (χ1v) is 12.7. The molecule has 214 valence electrons. The molecule has 0 amide bonds. The summed E-state index contributed by atoms with van der Waals surface area (Å²) >= 11 is 0. The Morgan fingerprint density at radius 1 is 0.732 bits per heavy atom. The maximum atomic E-state index is 15.3. The lowest BCUT2D eigenvalue weighted by Crippen LogP contribution is -2.25. The lowest BCUT2D eigenvalue weighted by molar-refractivity contribution is -0.189. The molecule has 1 fully saturated rings. The fourth-order valence-corrected chi connectivity index (χ4v) is 5.28. The number of rotatable bonds is 4. The fourth-order valence-electron chi connectivity index (χ4n) is 5.28. The number of alkyl halides is 5. The van der Waals surface area contributed by atoms with Gasteiger partial charge in [-0.05, 0) is 71.3 Å². The summed E-state index contributed by atoms with van der Waals surface area (Å²) in [5.41, 5.74) is -1.92. The van der Waals surface area contributed by atoms with Crippen LogP contribution in [0.4, 0.5) is 39.5 Å². The Balaban J connectivity index is 1.47. The fraction of sp³-hybridized carbons (Fsp3) is 0.290. The maximum Gasteiger partial charge on any atom is 0.458 e. The van der Waals surface area contributed by atoms with Gasteiger partial charge in [-0.2, -0.15) is 22.0 Å². The average molecular weight is 580 g/mol. The largest absolute Gasteiger partial charge is 0.458 e. The smallest absolute Gasteiger partial charge is 0.429 e. The molecular weight excluding hydrogens is 559 g/mol. The van der Waals surface area contributed by atoms with E-state index < -0.39 is 57.8 Å². The predicted octanol–water partition coefficient (Wildman–Crippen LogP) is 9.89. The molecule has 5 rings (SSSR count). The van der Waals surface area contributed by atoms with Crippen LogP contribution in [-0.2, 0) is 6.11 Å². The second-order valence-corrected chi connectivity index (χ2v) is 10.3. The van der Waals surface area contributed by atoms with Crippen molar-refractivity contribution in [3.8, 4) is 17.6 Å². The van der Waals surface area contributed by atoms with Crippen molar-refractivity contribution in [2.45, 2.75) is 50.8 Å². The quantitative estimate of drug-likeness (QED) is 0.173. The van der Waals surface area contributed by atoms with E-state index in [1.807, 2.05) is 0 Å². The number of fused-ring (bicyclic) bond motifs is 2. The zero-order chi connectivity index (χ0) is 29.7. The molecule has 1 nitrogen and oxygen atoms in total. The van der Waals surface area contributed by atoms with Crippen LogP contribution in [0.25, 0.3) is 21.5 Å². The second kappa shape index (κ2) is 10.5. The van der Waals surface area contributed by atoms with Crippen molar-refractivity contribution < 1.29 is 44.3 Å². The Hall–Kier alpha value is -3.87. The van der Waals surface area contributed by atoms with Gasteiger partial charge in [0.1, 0.15) is 34.6 Å². The second-order valence-electron chi connectivity index (χ2n) is 10.3. The van der Waals surface area contributed by atoms with Crippen LogP contribution < -0.4 is 4.74 Å². The molecule has 0 aromatic heterocycles. The topological polar surface area (TPSA) is 9.23 Å². The minimum atomic E-state index is -5.00. The summed E-state index contributed by atoms with van der Waals surface area (Å²) in [5, 5.41) is -0.890. The lowest BCUT2D eigenvalue weighted by Gasteiger charge is -2.27. The van der Waals surface area contributed by atoms with E-state index >= 15 is 13.2 Å². The first kappa shape index (κ1) is 28.7. The van der Waals surface area contributed by atoms with E-state index in [-0.39, 0.29) is 22.1 Å². The molecule has 4 aromatic rings. The molecule has 4 aromatic carbocycles. The molecule has 0 spiro atoms. The monoisotopic (exact) mass is 580 g/mol. The van der Waals surface area contributed by atoms with Gasteiger partial charge in [-0.25, -0.2) is 17.6 Å². The summed E-state index contributed by atoms with van der Waals surface area (Å²) in [6.45, 7) is 2.16. The SMILES string of the molecule is CC1CCC(c2ccc3c(F)c(C(F)(F)Oc4ccc5c(F)c(C#CC(F)(F)F)c(F)cc5c4)c(F)cc3c2)CC1. The van der Waals surface area contributed by atoms with Crippen LogP contribution in [0.1, 0.15) is 55.2 Å². The van der Waals surface area contributed by atoms with Crippen molar-refractivity contribution in [3.63, 3.8) is 0 Å². The highest BCUT2D eigenvalue weighted by molar-refractivity contribution is 5.87. The third-order valence-corrected chi connectivity index (χ3v) is 7.41. The van der Waals surface area contributed by atoms with Crippen LogP contribution in [0.3, 0.4) is 0 Å². The van der Waals surface area contributed by atoms with E-state index in [1.54, 1.807) is 12.1 Å². The molecule has 10 heteroatoms. The van der Waals surface area contributed by atoms with E-state index in [0.29, 0.717) is 12.0 Å². The van der Waals surface area contributed by atoms with Crippen LogP contribution >= 0.6 is 0 Å². The Morgan fingerprint density at radius 2 is 1.34 bits per heavy atom. The van der Waals surface area contributed by atoms with Crippen molar-refractivity contribution in [2.24, 2.45) is 5.92 Å². The highest BCUT2D eigenvalue weighted by Gasteiger charge is 2.42. The van der Waals surface area contributed by atoms with Gasteiger partial charge in [0.25, 0.3) is 0 Å². The molecule has 0 atom stereocenters. The molecule has 0 bridgehead atoms. The van der Waals surface area contributed by atoms with Crippen molar-refractivity contribution >= 4 is 21.5 Å². The van der Waals surface area contributed by atoms with Gasteiger partial charge in [0.15, 0.2) is 0 Å². The standard InChI is InChI=1S/C31H21F9O/c1-16-2-4-17(5-3-16)18-6-8-23-19(12-18)15-26(33)27(29(23)35)31(39,40)41-21-7-9-22-20(13-21)14-25(32)24(28(22)34)10-11-30(36,37)38/h6-9,12-17H,2-5H2,1H3. The Morgan fingerprint density at radius 3 is 2.02 bits per heavy atom. The van der Waals surface area contributed by atoms with Crippen LogP contribution in [0.15, 0.2) is 48.5 Å². The maximum absolute atomic E-state index is 15.3. The zero-order valence-corrected chi connectivity index (χ0v) is 21.4. The van der Waals surface area contributed by atoms with Gasteiger partial charge in [0.05, 0.1) is 5.56 Å². The van der Waals surface area contributed by atoms with E-state index in [0.717, 1.165) is 61.4 Å². The van der Waals surface area contributed by atoms with Crippen LogP contribution in [-0.4, -0.2) is 6.18 Å². The molecule has 0 saturated heterocycles. The number of ether oxygens (including phenoxy) is 1. The highest BCUT2D eigenvalue weighted by atomic mass is 19.4. The molecule has 0 radical (unpaired) electrons. The van der Waals surface area contributed by atoms with Crippen molar-refractivity contribution in [2.75, 3.05) is 0 Å². The summed E-state index contributed by atoms with van der Waals surface area (Å²) in [5.74, 6) is -3.71. The highest BCUT2D eigenvalue weighted by Crippen LogP contribution is 2.41. The number of benzene rings is 4. The number of hydrogen-bond donors (Lipinski definition) is 0. The normalized spacial score (nSPS) is 17.9. The molecule has 0 unspecified atom stereocenters. The molecular formula is C31H21F9O. The minimum Gasteiger partial charge on any atom is -0.429 e. The first-order valence-electron chi connectivity index (χ1n) is 12.7. The molecule has 41 heavy (non-hydrogen) atoms. The van der Waals surface area contributed by atoms with Gasteiger partial charge in [-0.3, -0.25) is 0 Å². The Bertz CT molecular complexity index is 1710.